The molecule has 0 saturated heterocycles. The number of ether oxygens (including phenoxy) is 2. The summed E-state index contributed by atoms with van der Waals surface area (Å²) in [5, 5.41) is 5.73. The first kappa shape index (κ1) is 20.3. The summed E-state index contributed by atoms with van der Waals surface area (Å²) < 4.78 is 10.5. The molecule has 0 bridgehead atoms. The Morgan fingerprint density at radius 3 is 2.33 bits per heavy atom. The Hall–Kier alpha value is -3.02. The number of amides is 2. The van der Waals surface area contributed by atoms with Crippen molar-refractivity contribution in [3.8, 4) is 11.5 Å². The fourth-order valence-electron chi connectivity index (χ4n) is 2.77. The fraction of sp³-hybridized carbons (Fsp3) is 0.333. The van der Waals surface area contributed by atoms with Gasteiger partial charge < -0.3 is 20.1 Å². The van der Waals surface area contributed by atoms with Gasteiger partial charge in [-0.15, -0.1) is 0 Å². The highest BCUT2D eigenvalue weighted by Gasteiger charge is 2.17. The van der Waals surface area contributed by atoms with Gasteiger partial charge in [0.25, 0.3) is 0 Å². The summed E-state index contributed by atoms with van der Waals surface area (Å²) in [7, 11) is 3.17. The van der Waals surface area contributed by atoms with Gasteiger partial charge in [-0.05, 0) is 30.7 Å². The highest BCUT2D eigenvalue weighted by atomic mass is 16.5. The fourth-order valence-corrected chi connectivity index (χ4v) is 2.77. The largest absolute Gasteiger partial charge is 0.497 e. The van der Waals surface area contributed by atoms with Gasteiger partial charge in [0.2, 0.25) is 11.8 Å². The van der Waals surface area contributed by atoms with Crippen LogP contribution in [0.3, 0.4) is 0 Å². The maximum absolute atomic E-state index is 12.5. The van der Waals surface area contributed by atoms with Crippen LogP contribution in [0.5, 0.6) is 11.5 Å². The van der Waals surface area contributed by atoms with Crippen LogP contribution in [0, 0.1) is 6.92 Å². The minimum atomic E-state index is -0.379. The van der Waals surface area contributed by atoms with Crippen molar-refractivity contribution in [3.05, 3.63) is 59.2 Å². The average Bonchev–Trinajstić information content (AvgIpc) is 2.65. The Morgan fingerprint density at radius 1 is 1.04 bits per heavy atom. The number of carbonyl (C=O) groups is 2. The summed E-state index contributed by atoms with van der Waals surface area (Å²) >= 11 is 0. The zero-order valence-corrected chi connectivity index (χ0v) is 16.2. The average molecular weight is 370 g/mol. The molecule has 0 spiro atoms. The third-order valence-corrected chi connectivity index (χ3v) is 4.21. The summed E-state index contributed by atoms with van der Waals surface area (Å²) in [6.45, 7) is 3.74. The molecule has 0 aliphatic carbocycles. The van der Waals surface area contributed by atoms with E-state index in [1.165, 1.54) is 6.92 Å². The van der Waals surface area contributed by atoms with Gasteiger partial charge in [0.05, 0.1) is 26.7 Å². The molecule has 0 radical (unpaired) electrons. The standard InChI is InChI=1S/C21H26N2O4/c1-14-5-7-16(8-6-14)19(23-15(2)24)12-21(25)22-13-17-11-18(26-3)9-10-20(17)27-4/h5-11,19H,12-13H2,1-4H3,(H,22,25)(H,23,24). The van der Waals surface area contributed by atoms with Crippen LogP contribution in [0.15, 0.2) is 42.5 Å². The van der Waals surface area contributed by atoms with E-state index < -0.39 is 0 Å². The molecule has 1 unspecified atom stereocenters. The van der Waals surface area contributed by atoms with E-state index in [4.69, 9.17) is 9.47 Å². The lowest BCUT2D eigenvalue weighted by Gasteiger charge is -2.19. The molecule has 27 heavy (non-hydrogen) atoms. The van der Waals surface area contributed by atoms with Crippen LogP contribution in [-0.4, -0.2) is 26.0 Å². The molecule has 0 aliphatic heterocycles. The smallest absolute Gasteiger partial charge is 0.222 e. The Balaban J connectivity index is 2.05. The first-order chi connectivity index (χ1) is 12.9. The molecular weight excluding hydrogens is 344 g/mol. The number of rotatable bonds is 8. The van der Waals surface area contributed by atoms with E-state index in [0.29, 0.717) is 18.0 Å². The van der Waals surface area contributed by atoms with Gasteiger partial charge >= 0.3 is 0 Å². The zero-order chi connectivity index (χ0) is 19.8. The molecular formula is C21H26N2O4. The van der Waals surface area contributed by atoms with Crippen molar-refractivity contribution in [1.82, 2.24) is 10.6 Å². The van der Waals surface area contributed by atoms with Crippen LogP contribution in [0.4, 0.5) is 0 Å². The van der Waals surface area contributed by atoms with E-state index in [1.807, 2.05) is 37.3 Å². The number of hydrogen-bond donors (Lipinski definition) is 2. The first-order valence-electron chi connectivity index (χ1n) is 8.74. The van der Waals surface area contributed by atoms with E-state index in [2.05, 4.69) is 10.6 Å². The van der Waals surface area contributed by atoms with Crippen LogP contribution >= 0.6 is 0 Å². The second-order valence-corrected chi connectivity index (χ2v) is 6.32. The first-order valence-corrected chi connectivity index (χ1v) is 8.74. The number of methoxy groups -OCH3 is 2. The van der Waals surface area contributed by atoms with Crippen molar-refractivity contribution in [2.75, 3.05) is 14.2 Å². The van der Waals surface area contributed by atoms with Gasteiger partial charge in [-0.1, -0.05) is 29.8 Å². The van der Waals surface area contributed by atoms with Crippen molar-refractivity contribution < 1.29 is 19.1 Å². The summed E-state index contributed by atoms with van der Waals surface area (Å²) in [6.07, 6.45) is 0.148. The summed E-state index contributed by atoms with van der Waals surface area (Å²) in [5.41, 5.74) is 2.83. The minimum Gasteiger partial charge on any atom is -0.497 e. The van der Waals surface area contributed by atoms with Crippen molar-refractivity contribution in [1.29, 1.82) is 0 Å². The number of carbonyl (C=O) groups excluding carboxylic acids is 2. The van der Waals surface area contributed by atoms with E-state index in [0.717, 1.165) is 16.7 Å². The summed E-state index contributed by atoms with van der Waals surface area (Å²) in [5.74, 6) is 1.02. The molecule has 0 aromatic heterocycles. The van der Waals surface area contributed by atoms with Crippen LogP contribution in [-0.2, 0) is 16.1 Å². The molecule has 0 heterocycles. The van der Waals surface area contributed by atoms with E-state index >= 15 is 0 Å². The minimum absolute atomic E-state index is 0.148. The highest BCUT2D eigenvalue weighted by Crippen LogP contribution is 2.24. The third kappa shape index (κ3) is 6.02. The molecule has 144 valence electrons. The summed E-state index contributed by atoms with van der Waals surface area (Å²) in [4.78, 5) is 24.0. The van der Waals surface area contributed by atoms with Crippen molar-refractivity contribution >= 4 is 11.8 Å². The van der Waals surface area contributed by atoms with Crippen LogP contribution in [0.2, 0.25) is 0 Å². The van der Waals surface area contributed by atoms with Gasteiger partial charge in [0, 0.05) is 19.0 Å². The number of nitrogens with one attached hydrogen (secondary N) is 2. The normalized spacial score (nSPS) is 11.4. The van der Waals surface area contributed by atoms with Gasteiger partial charge in [0.1, 0.15) is 11.5 Å². The Labute approximate surface area is 159 Å². The van der Waals surface area contributed by atoms with E-state index in [-0.39, 0.29) is 24.3 Å². The van der Waals surface area contributed by atoms with Crippen molar-refractivity contribution in [2.45, 2.75) is 32.9 Å². The quantitative estimate of drug-likeness (QED) is 0.749. The van der Waals surface area contributed by atoms with Crippen LogP contribution in [0.1, 0.15) is 36.1 Å². The lowest BCUT2D eigenvalue weighted by atomic mass is 10.0. The molecule has 1 atom stereocenters. The van der Waals surface area contributed by atoms with Gasteiger partial charge in [0.15, 0.2) is 0 Å². The number of hydrogen-bond acceptors (Lipinski definition) is 4. The molecule has 0 aliphatic rings. The van der Waals surface area contributed by atoms with Gasteiger partial charge in [-0.3, -0.25) is 9.59 Å². The molecule has 2 rings (SSSR count). The Morgan fingerprint density at radius 2 is 1.74 bits per heavy atom. The second kappa shape index (κ2) is 9.62. The SMILES string of the molecule is COc1ccc(OC)c(CNC(=O)CC(NC(C)=O)c2ccc(C)cc2)c1. The van der Waals surface area contributed by atoms with Crippen LogP contribution < -0.4 is 20.1 Å². The van der Waals surface area contributed by atoms with E-state index in [1.54, 1.807) is 26.4 Å². The maximum atomic E-state index is 12.5. The predicted molar refractivity (Wildman–Crippen MR) is 104 cm³/mol. The Kier molecular flexibility index (Phi) is 7.23. The second-order valence-electron chi connectivity index (χ2n) is 6.32. The number of benzene rings is 2. The lowest BCUT2D eigenvalue weighted by molar-refractivity contribution is -0.122. The van der Waals surface area contributed by atoms with Gasteiger partial charge in [-0.2, -0.15) is 0 Å². The topological polar surface area (TPSA) is 76.7 Å². The van der Waals surface area contributed by atoms with E-state index in [9.17, 15) is 9.59 Å². The molecule has 2 amide bonds. The molecule has 0 fully saturated rings. The molecule has 0 saturated carbocycles. The number of aryl methyl sites for hydroxylation is 1. The molecule has 2 N–H and O–H groups in total. The highest BCUT2D eigenvalue weighted by molar-refractivity contribution is 5.79. The van der Waals surface area contributed by atoms with Crippen LogP contribution in [0.25, 0.3) is 0 Å². The Bertz CT molecular complexity index is 787. The zero-order valence-electron chi connectivity index (χ0n) is 16.2. The van der Waals surface area contributed by atoms with Gasteiger partial charge in [-0.25, -0.2) is 0 Å². The van der Waals surface area contributed by atoms with Crippen molar-refractivity contribution in [3.63, 3.8) is 0 Å². The predicted octanol–water partition coefficient (Wildman–Crippen LogP) is 2.90. The third-order valence-electron chi connectivity index (χ3n) is 4.21. The van der Waals surface area contributed by atoms with Crippen molar-refractivity contribution in [2.24, 2.45) is 0 Å². The lowest BCUT2D eigenvalue weighted by Crippen LogP contribution is -2.32. The molecule has 2 aromatic rings. The molecule has 6 heteroatoms. The molecule has 6 nitrogen and oxygen atoms in total. The maximum Gasteiger partial charge on any atom is 0.222 e. The summed E-state index contributed by atoms with van der Waals surface area (Å²) in [6, 6.07) is 12.8. The molecule has 2 aromatic carbocycles. The monoisotopic (exact) mass is 370 g/mol.